The Morgan fingerprint density at radius 1 is 1.44 bits per heavy atom. The number of nitrogens with one attached hydrogen (secondary N) is 1. The first-order valence-corrected chi connectivity index (χ1v) is 10.1. The lowest BCUT2D eigenvalue weighted by atomic mass is 9.74. The van der Waals surface area contributed by atoms with Crippen LogP contribution < -0.4 is 5.32 Å². The number of aromatic nitrogens is 2. The van der Waals surface area contributed by atoms with Gasteiger partial charge in [-0.05, 0) is 40.0 Å². The first kappa shape index (κ1) is 20.3. The highest BCUT2D eigenvalue weighted by Crippen LogP contribution is 2.42. The normalized spacial score (nSPS) is 23.4. The monoisotopic (exact) mass is 378 g/mol. The number of carbonyl (C=O) groups excluding carboxylic acids is 1. The number of morpholine rings is 1. The zero-order valence-corrected chi connectivity index (χ0v) is 17.1. The van der Waals surface area contributed by atoms with Crippen LogP contribution in [0.1, 0.15) is 58.1 Å². The minimum atomic E-state index is -0.0726. The number of hydrogen-bond donors (Lipinski definition) is 1. The van der Waals surface area contributed by atoms with E-state index in [1.807, 2.05) is 17.8 Å². The summed E-state index contributed by atoms with van der Waals surface area (Å²) in [7, 11) is 1.67. The second kappa shape index (κ2) is 8.71. The molecule has 1 saturated carbocycles. The van der Waals surface area contributed by atoms with Crippen molar-refractivity contribution in [3.05, 3.63) is 18.0 Å². The molecule has 1 N–H and O–H groups in total. The molecule has 2 aliphatic rings. The standard InChI is InChI=1S/C20H34N4O3/c1-15(2)24-13-18(27-14-20(24)6-5-7-20)10-19(25)22-16(3)17-11-21-23(12-17)8-9-26-4/h11-12,15-16,18H,5-10,13-14H2,1-4H3,(H,22,25). The van der Waals surface area contributed by atoms with Gasteiger partial charge in [0, 0.05) is 37.0 Å². The predicted molar refractivity (Wildman–Crippen MR) is 103 cm³/mol. The molecule has 1 aromatic heterocycles. The van der Waals surface area contributed by atoms with Crippen molar-refractivity contribution >= 4 is 5.91 Å². The molecule has 1 aliphatic heterocycles. The molecule has 1 saturated heterocycles. The van der Waals surface area contributed by atoms with Gasteiger partial charge in [-0.25, -0.2) is 0 Å². The van der Waals surface area contributed by atoms with Crippen LogP contribution in [0.2, 0.25) is 0 Å². The molecule has 0 bridgehead atoms. The molecule has 0 radical (unpaired) electrons. The summed E-state index contributed by atoms with van der Waals surface area (Å²) in [6.45, 7) is 9.40. The molecule has 1 aliphatic carbocycles. The van der Waals surface area contributed by atoms with Crippen LogP contribution in [0.5, 0.6) is 0 Å². The summed E-state index contributed by atoms with van der Waals surface area (Å²) in [5.41, 5.74) is 1.23. The van der Waals surface area contributed by atoms with E-state index in [2.05, 4.69) is 29.2 Å². The number of hydrogen-bond acceptors (Lipinski definition) is 5. The first-order chi connectivity index (χ1) is 12.9. The Labute approximate surface area is 162 Å². The van der Waals surface area contributed by atoms with Crippen molar-refractivity contribution in [2.75, 3.05) is 26.9 Å². The lowest BCUT2D eigenvalue weighted by Crippen LogP contribution is -2.65. The van der Waals surface area contributed by atoms with Crippen molar-refractivity contribution in [3.63, 3.8) is 0 Å². The largest absolute Gasteiger partial charge is 0.383 e. The molecule has 1 spiro atoms. The molecule has 2 atom stereocenters. The van der Waals surface area contributed by atoms with Gasteiger partial charge >= 0.3 is 0 Å². The molecule has 7 heteroatoms. The maximum absolute atomic E-state index is 12.5. The van der Waals surface area contributed by atoms with E-state index in [0.717, 1.165) is 18.7 Å². The van der Waals surface area contributed by atoms with E-state index in [0.29, 0.717) is 25.6 Å². The summed E-state index contributed by atoms with van der Waals surface area (Å²) >= 11 is 0. The van der Waals surface area contributed by atoms with Crippen molar-refractivity contribution in [1.82, 2.24) is 20.0 Å². The fraction of sp³-hybridized carbons (Fsp3) is 0.800. The molecular weight excluding hydrogens is 344 g/mol. The van der Waals surface area contributed by atoms with Gasteiger partial charge in [0.1, 0.15) is 0 Å². The molecular formula is C20H34N4O3. The Bertz CT molecular complexity index is 626. The third kappa shape index (κ3) is 4.70. The molecule has 1 aromatic rings. The van der Waals surface area contributed by atoms with E-state index < -0.39 is 0 Å². The molecule has 0 aromatic carbocycles. The smallest absolute Gasteiger partial charge is 0.223 e. The van der Waals surface area contributed by atoms with Gasteiger partial charge in [-0.1, -0.05) is 0 Å². The van der Waals surface area contributed by atoms with Gasteiger partial charge in [-0.3, -0.25) is 14.4 Å². The summed E-state index contributed by atoms with van der Waals surface area (Å²) in [6.07, 6.45) is 7.85. The van der Waals surface area contributed by atoms with Crippen molar-refractivity contribution < 1.29 is 14.3 Å². The first-order valence-electron chi connectivity index (χ1n) is 10.1. The Balaban J connectivity index is 1.49. The number of amides is 1. The Morgan fingerprint density at radius 3 is 2.85 bits per heavy atom. The van der Waals surface area contributed by atoms with E-state index in [-0.39, 0.29) is 23.6 Å². The summed E-state index contributed by atoms with van der Waals surface area (Å²) in [5, 5.41) is 7.40. The second-order valence-electron chi connectivity index (χ2n) is 8.28. The average Bonchev–Trinajstić information content (AvgIpc) is 3.07. The van der Waals surface area contributed by atoms with Gasteiger partial charge in [0.15, 0.2) is 0 Å². The van der Waals surface area contributed by atoms with Gasteiger partial charge in [0.05, 0.1) is 44.5 Å². The SMILES string of the molecule is COCCn1cc(C(C)NC(=O)CC2CN(C(C)C)C3(CCC3)CO2)cn1. The summed E-state index contributed by atoms with van der Waals surface area (Å²) in [5.74, 6) is 0.0328. The van der Waals surface area contributed by atoms with E-state index >= 15 is 0 Å². The lowest BCUT2D eigenvalue weighted by Gasteiger charge is -2.56. The van der Waals surface area contributed by atoms with E-state index in [9.17, 15) is 4.79 Å². The zero-order chi connectivity index (χ0) is 19.4. The van der Waals surface area contributed by atoms with E-state index in [1.54, 1.807) is 13.3 Å². The maximum atomic E-state index is 12.5. The van der Waals surface area contributed by atoms with Crippen molar-refractivity contribution in [2.45, 2.75) is 76.7 Å². The Morgan fingerprint density at radius 2 is 2.22 bits per heavy atom. The number of carbonyl (C=O) groups is 1. The van der Waals surface area contributed by atoms with Gasteiger partial charge in [-0.2, -0.15) is 5.10 Å². The third-order valence-electron chi connectivity index (χ3n) is 5.97. The van der Waals surface area contributed by atoms with Crippen LogP contribution in [0, 0.1) is 0 Å². The van der Waals surface area contributed by atoms with Crippen LogP contribution >= 0.6 is 0 Å². The van der Waals surface area contributed by atoms with Crippen LogP contribution in [-0.2, 0) is 20.8 Å². The van der Waals surface area contributed by atoms with Crippen LogP contribution in [0.25, 0.3) is 0 Å². The summed E-state index contributed by atoms with van der Waals surface area (Å²) in [6, 6.07) is 0.410. The molecule has 2 fully saturated rings. The Kier molecular flexibility index (Phi) is 6.55. The minimum Gasteiger partial charge on any atom is -0.383 e. The maximum Gasteiger partial charge on any atom is 0.223 e. The topological polar surface area (TPSA) is 68.6 Å². The van der Waals surface area contributed by atoms with E-state index in [1.165, 1.54) is 19.3 Å². The van der Waals surface area contributed by atoms with Crippen LogP contribution in [0.15, 0.2) is 12.4 Å². The molecule has 2 heterocycles. The van der Waals surface area contributed by atoms with Crippen LogP contribution in [0.4, 0.5) is 0 Å². The highest BCUT2D eigenvalue weighted by molar-refractivity contribution is 5.77. The average molecular weight is 379 g/mol. The summed E-state index contributed by atoms with van der Waals surface area (Å²) < 4.78 is 13.0. The number of methoxy groups -OCH3 is 1. The number of nitrogens with zero attached hydrogens (tertiary/aromatic N) is 3. The minimum absolute atomic E-state index is 0.0322. The number of rotatable bonds is 8. The molecule has 27 heavy (non-hydrogen) atoms. The molecule has 2 unspecified atom stereocenters. The fourth-order valence-corrected chi connectivity index (χ4v) is 4.22. The van der Waals surface area contributed by atoms with Gasteiger partial charge in [0.2, 0.25) is 5.91 Å². The van der Waals surface area contributed by atoms with Crippen LogP contribution in [-0.4, -0.2) is 65.1 Å². The summed E-state index contributed by atoms with van der Waals surface area (Å²) in [4.78, 5) is 15.1. The lowest BCUT2D eigenvalue weighted by molar-refractivity contribution is -0.159. The zero-order valence-electron chi connectivity index (χ0n) is 17.1. The number of ether oxygens (including phenoxy) is 2. The molecule has 152 valence electrons. The third-order valence-corrected chi connectivity index (χ3v) is 5.97. The Hall–Kier alpha value is -1.44. The molecule has 1 amide bonds. The second-order valence-corrected chi connectivity index (χ2v) is 8.28. The quantitative estimate of drug-likeness (QED) is 0.750. The van der Waals surface area contributed by atoms with Crippen molar-refractivity contribution in [2.24, 2.45) is 0 Å². The van der Waals surface area contributed by atoms with Crippen LogP contribution in [0.3, 0.4) is 0 Å². The van der Waals surface area contributed by atoms with Crippen molar-refractivity contribution in [3.8, 4) is 0 Å². The van der Waals surface area contributed by atoms with Crippen molar-refractivity contribution in [1.29, 1.82) is 0 Å². The van der Waals surface area contributed by atoms with Gasteiger partial charge < -0.3 is 14.8 Å². The molecule has 3 rings (SSSR count). The van der Waals surface area contributed by atoms with Gasteiger partial charge in [0.25, 0.3) is 0 Å². The predicted octanol–water partition coefficient (Wildman–Crippen LogP) is 2.13. The van der Waals surface area contributed by atoms with E-state index in [4.69, 9.17) is 9.47 Å². The van der Waals surface area contributed by atoms with Gasteiger partial charge in [-0.15, -0.1) is 0 Å². The fourth-order valence-electron chi connectivity index (χ4n) is 4.22. The highest BCUT2D eigenvalue weighted by Gasteiger charge is 2.47. The highest BCUT2D eigenvalue weighted by atomic mass is 16.5. The molecule has 7 nitrogen and oxygen atoms in total.